The number of rotatable bonds is 3. The summed E-state index contributed by atoms with van der Waals surface area (Å²) in [7, 11) is 0. The van der Waals surface area contributed by atoms with Crippen molar-refractivity contribution in [3.05, 3.63) is 0 Å². The van der Waals surface area contributed by atoms with Crippen molar-refractivity contribution < 1.29 is 9.84 Å². The Labute approximate surface area is 129 Å². The summed E-state index contributed by atoms with van der Waals surface area (Å²) in [6.45, 7) is 8.46. The normalized spacial score (nSPS) is 33.1. The molecule has 2 aliphatic heterocycles. The number of aliphatic hydroxyl groups is 1. The molecule has 0 aromatic heterocycles. The second kappa shape index (κ2) is 6.95. The van der Waals surface area contributed by atoms with Crippen LogP contribution in [0.25, 0.3) is 0 Å². The molecule has 1 atom stereocenters. The summed E-state index contributed by atoms with van der Waals surface area (Å²) >= 11 is 0. The monoisotopic (exact) mass is 296 g/mol. The van der Waals surface area contributed by atoms with Crippen molar-refractivity contribution in [2.24, 2.45) is 0 Å². The molecule has 0 amide bonds. The third-order valence-electron chi connectivity index (χ3n) is 5.65. The van der Waals surface area contributed by atoms with E-state index in [1.807, 2.05) is 0 Å². The summed E-state index contributed by atoms with van der Waals surface area (Å²) in [5.41, 5.74) is -0.390. The van der Waals surface area contributed by atoms with Crippen LogP contribution in [0.15, 0.2) is 0 Å². The van der Waals surface area contributed by atoms with E-state index < -0.39 is 5.60 Å². The van der Waals surface area contributed by atoms with Gasteiger partial charge in [0.25, 0.3) is 0 Å². The van der Waals surface area contributed by atoms with Gasteiger partial charge in [0.15, 0.2) is 0 Å². The highest BCUT2D eigenvalue weighted by Crippen LogP contribution is 2.30. The van der Waals surface area contributed by atoms with Crippen LogP contribution in [0.5, 0.6) is 0 Å². The first-order chi connectivity index (χ1) is 10.1. The first-order valence-electron chi connectivity index (χ1n) is 8.95. The molecule has 0 radical (unpaired) electrons. The number of β-amino-alcohol motifs (C(OH)–C–C–N with tert-alkyl or cyclic N) is 1. The van der Waals surface area contributed by atoms with Crippen LogP contribution in [0, 0.1) is 0 Å². The molecule has 1 aliphatic carbocycles. The van der Waals surface area contributed by atoms with Gasteiger partial charge in [-0.15, -0.1) is 0 Å². The highest BCUT2D eigenvalue weighted by Gasteiger charge is 2.34. The highest BCUT2D eigenvalue weighted by molar-refractivity contribution is 4.89. The Morgan fingerprint density at radius 3 is 2.48 bits per heavy atom. The quantitative estimate of drug-likeness (QED) is 0.862. The van der Waals surface area contributed by atoms with Gasteiger partial charge >= 0.3 is 0 Å². The molecule has 2 saturated heterocycles. The Kier molecular flexibility index (Phi) is 5.20. The van der Waals surface area contributed by atoms with Crippen LogP contribution in [0.2, 0.25) is 0 Å². The molecule has 4 nitrogen and oxygen atoms in total. The highest BCUT2D eigenvalue weighted by atomic mass is 16.5. The van der Waals surface area contributed by atoms with E-state index >= 15 is 0 Å². The standard InChI is InChI=1S/C17H32N2O2/c1-15-13-19(11-12-21-15)16-5-9-18(10-6-16)14-17(20)7-3-2-4-8-17/h15-16,20H,2-14H2,1H3. The largest absolute Gasteiger partial charge is 0.389 e. The summed E-state index contributed by atoms with van der Waals surface area (Å²) < 4.78 is 5.65. The molecule has 0 spiro atoms. The maximum absolute atomic E-state index is 10.7. The minimum absolute atomic E-state index is 0.389. The van der Waals surface area contributed by atoms with Crippen molar-refractivity contribution in [3.8, 4) is 0 Å². The fourth-order valence-electron chi connectivity index (χ4n) is 4.40. The first-order valence-corrected chi connectivity index (χ1v) is 8.95. The molecule has 2 heterocycles. The smallest absolute Gasteiger partial charge is 0.0774 e. The fourth-order valence-corrected chi connectivity index (χ4v) is 4.40. The Hall–Kier alpha value is -0.160. The van der Waals surface area contributed by atoms with E-state index in [0.29, 0.717) is 6.10 Å². The minimum atomic E-state index is -0.390. The van der Waals surface area contributed by atoms with Gasteiger partial charge in [-0.1, -0.05) is 19.3 Å². The van der Waals surface area contributed by atoms with E-state index in [1.54, 1.807) is 0 Å². The van der Waals surface area contributed by atoms with E-state index in [4.69, 9.17) is 4.74 Å². The Balaban J connectivity index is 1.44. The Morgan fingerprint density at radius 1 is 1.10 bits per heavy atom. The molecule has 1 saturated carbocycles. The zero-order valence-electron chi connectivity index (χ0n) is 13.6. The van der Waals surface area contributed by atoms with Crippen LogP contribution in [0.3, 0.4) is 0 Å². The van der Waals surface area contributed by atoms with E-state index in [2.05, 4.69) is 16.7 Å². The molecule has 1 unspecified atom stereocenters. The lowest BCUT2D eigenvalue weighted by Crippen LogP contribution is -2.53. The molecule has 0 aromatic carbocycles. The van der Waals surface area contributed by atoms with Gasteiger partial charge in [0.2, 0.25) is 0 Å². The molecular weight excluding hydrogens is 264 g/mol. The second-order valence-electron chi connectivity index (χ2n) is 7.47. The second-order valence-corrected chi connectivity index (χ2v) is 7.47. The van der Waals surface area contributed by atoms with Crippen molar-refractivity contribution in [3.63, 3.8) is 0 Å². The Bertz CT molecular complexity index is 323. The number of hydrogen-bond donors (Lipinski definition) is 1. The maximum Gasteiger partial charge on any atom is 0.0774 e. The third kappa shape index (κ3) is 4.19. The SMILES string of the molecule is CC1CN(C2CCN(CC3(O)CCCCC3)CC2)CCO1. The fraction of sp³-hybridized carbons (Fsp3) is 1.00. The van der Waals surface area contributed by atoms with E-state index in [9.17, 15) is 5.11 Å². The first kappa shape index (κ1) is 15.7. The van der Waals surface area contributed by atoms with Crippen molar-refractivity contribution >= 4 is 0 Å². The predicted octanol–water partition coefficient (Wildman–Crippen LogP) is 1.87. The van der Waals surface area contributed by atoms with Gasteiger partial charge in [-0.25, -0.2) is 0 Å². The lowest BCUT2D eigenvalue weighted by Gasteiger charge is -2.44. The molecular formula is C17H32N2O2. The number of hydrogen-bond acceptors (Lipinski definition) is 4. The van der Waals surface area contributed by atoms with Crippen LogP contribution in [0.4, 0.5) is 0 Å². The van der Waals surface area contributed by atoms with Crippen LogP contribution in [-0.4, -0.2) is 72.0 Å². The van der Waals surface area contributed by atoms with Crippen molar-refractivity contribution in [2.75, 3.05) is 39.3 Å². The topological polar surface area (TPSA) is 35.9 Å². The van der Waals surface area contributed by atoms with Gasteiger partial charge in [-0.3, -0.25) is 4.90 Å². The molecule has 4 heteroatoms. The zero-order chi connectivity index (χ0) is 14.7. The lowest BCUT2D eigenvalue weighted by molar-refractivity contribution is -0.0563. The maximum atomic E-state index is 10.7. The molecule has 21 heavy (non-hydrogen) atoms. The predicted molar refractivity (Wildman–Crippen MR) is 84.5 cm³/mol. The minimum Gasteiger partial charge on any atom is -0.389 e. The van der Waals surface area contributed by atoms with Crippen molar-refractivity contribution in [2.45, 2.75) is 69.6 Å². The van der Waals surface area contributed by atoms with Crippen LogP contribution in [-0.2, 0) is 4.74 Å². The summed E-state index contributed by atoms with van der Waals surface area (Å²) in [5.74, 6) is 0. The number of morpholine rings is 1. The van der Waals surface area contributed by atoms with Crippen LogP contribution in [0.1, 0.15) is 51.9 Å². The van der Waals surface area contributed by atoms with E-state index in [0.717, 1.165) is 58.2 Å². The summed E-state index contributed by atoms with van der Waals surface area (Å²) in [6, 6.07) is 0.730. The van der Waals surface area contributed by atoms with E-state index in [1.165, 1.54) is 32.1 Å². The third-order valence-corrected chi connectivity index (χ3v) is 5.65. The molecule has 3 aliphatic rings. The van der Waals surface area contributed by atoms with Crippen LogP contribution >= 0.6 is 0 Å². The zero-order valence-corrected chi connectivity index (χ0v) is 13.6. The molecule has 0 bridgehead atoms. The van der Waals surface area contributed by atoms with Crippen LogP contribution < -0.4 is 0 Å². The molecule has 0 aromatic rings. The lowest BCUT2D eigenvalue weighted by atomic mass is 9.84. The average Bonchev–Trinajstić information content (AvgIpc) is 2.48. The summed E-state index contributed by atoms with van der Waals surface area (Å²) in [5, 5.41) is 10.7. The summed E-state index contributed by atoms with van der Waals surface area (Å²) in [4.78, 5) is 5.13. The molecule has 3 fully saturated rings. The number of nitrogens with zero attached hydrogens (tertiary/aromatic N) is 2. The Morgan fingerprint density at radius 2 is 1.81 bits per heavy atom. The van der Waals surface area contributed by atoms with Gasteiger partial charge in [-0.05, 0) is 45.7 Å². The van der Waals surface area contributed by atoms with Crippen molar-refractivity contribution in [1.82, 2.24) is 9.80 Å². The van der Waals surface area contributed by atoms with E-state index in [-0.39, 0.29) is 0 Å². The summed E-state index contributed by atoms with van der Waals surface area (Å²) in [6.07, 6.45) is 8.63. The number of piperidine rings is 1. The number of ether oxygens (including phenoxy) is 1. The molecule has 122 valence electrons. The average molecular weight is 296 g/mol. The van der Waals surface area contributed by atoms with Crippen molar-refractivity contribution in [1.29, 1.82) is 0 Å². The van der Waals surface area contributed by atoms with Gasteiger partial charge in [0.1, 0.15) is 0 Å². The van der Waals surface area contributed by atoms with Gasteiger partial charge in [-0.2, -0.15) is 0 Å². The number of likely N-dealkylation sites (tertiary alicyclic amines) is 1. The van der Waals surface area contributed by atoms with Gasteiger partial charge < -0.3 is 14.7 Å². The van der Waals surface area contributed by atoms with Gasteiger partial charge in [0.05, 0.1) is 18.3 Å². The molecule has 3 rings (SSSR count). The molecule has 1 N–H and O–H groups in total. The van der Waals surface area contributed by atoms with Gasteiger partial charge in [0, 0.05) is 25.7 Å².